The van der Waals surface area contributed by atoms with Crippen LogP contribution in [0, 0.1) is 5.92 Å². The van der Waals surface area contributed by atoms with Crippen molar-refractivity contribution in [3.05, 3.63) is 21.7 Å². The highest BCUT2D eigenvalue weighted by Gasteiger charge is 2.53. The zero-order chi connectivity index (χ0) is 20.6. The normalized spacial score (nSPS) is 26.2. The Morgan fingerprint density at radius 3 is 2.75 bits per heavy atom. The molecule has 1 fully saturated rings. The molecule has 2 unspecified atom stereocenters. The molecule has 3 atom stereocenters. The lowest BCUT2D eigenvalue weighted by Gasteiger charge is -2.52. The molecule has 0 spiro atoms. The van der Waals surface area contributed by atoms with Gasteiger partial charge < -0.3 is 19.5 Å². The van der Waals surface area contributed by atoms with Gasteiger partial charge in [-0.25, -0.2) is 4.79 Å². The lowest BCUT2D eigenvalue weighted by molar-refractivity contribution is -0.124. The fourth-order valence-corrected chi connectivity index (χ4v) is 5.73. The largest absolute Gasteiger partial charge is 0.504 e. The highest BCUT2D eigenvalue weighted by Crippen LogP contribution is 2.56. The van der Waals surface area contributed by atoms with Crippen molar-refractivity contribution in [1.29, 1.82) is 0 Å². The molecule has 28 heavy (non-hydrogen) atoms. The van der Waals surface area contributed by atoms with Gasteiger partial charge in [0.2, 0.25) is 0 Å². The minimum Gasteiger partial charge on any atom is -0.504 e. The van der Waals surface area contributed by atoms with E-state index in [-0.39, 0.29) is 29.6 Å². The molecular weight excluding hydrogens is 426 g/mol. The summed E-state index contributed by atoms with van der Waals surface area (Å²) in [6, 6.07) is 1.65. The van der Waals surface area contributed by atoms with Gasteiger partial charge in [0.15, 0.2) is 11.5 Å². The summed E-state index contributed by atoms with van der Waals surface area (Å²) in [5, 5.41) is 11.0. The van der Waals surface area contributed by atoms with Crippen LogP contribution in [-0.2, 0) is 21.4 Å². The first-order valence-electron chi connectivity index (χ1n) is 9.82. The molecule has 0 aliphatic heterocycles. The Labute approximate surface area is 174 Å². The Bertz CT molecular complexity index is 795. The van der Waals surface area contributed by atoms with Crippen molar-refractivity contribution in [2.24, 2.45) is 5.92 Å². The summed E-state index contributed by atoms with van der Waals surface area (Å²) in [6.45, 7) is 6.62. The number of methoxy groups -OCH3 is 1. The van der Waals surface area contributed by atoms with Gasteiger partial charge in [-0.3, -0.25) is 4.79 Å². The fourth-order valence-electron chi connectivity index (χ4n) is 5.17. The average Bonchev–Trinajstić information content (AvgIpc) is 2.64. The van der Waals surface area contributed by atoms with Crippen molar-refractivity contribution in [1.82, 2.24) is 4.90 Å². The van der Waals surface area contributed by atoms with Gasteiger partial charge in [-0.15, -0.1) is 0 Å². The molecular formula is C21H28BrNO5. The second kappa shape index (κ2) is 7.93. The van der Waals surface area contributed by atoms with Gasteiger partial charge in [0.1, 0.15) is 5.78 Å². The second-order valence-corrected chi connectivity index (χ2v) is 8.65. The topological polar surface area (TPSA) is 76.1 Å². The van der Waals surface area contributed by atoms with E-state index >= 15 is 0 Å². The number of fused-ring (bicyclic) bond motifs is 3. The minimum absolute atomic E-state index is 0.0481. The van der Waals surface area contributed by atoms with Crippen LogP contribution in [0.5, 0.6) is 11.5 Å². The van der Waals surface area contributed by atoms with Gasteiger partial charge in [-0.05, 0) is 44.2 Å². The van der Waals surface area contributed by atoms with Gasteiger partial charge in [0.25, 0.3) is 0 Å². The number of carbonyl (C=O) groups excluding carboxylic acids is 2. The predicted molar refractivity (Wildman–Crippen MR) is 109 cm³/mol. The number of benzene rings is 1. The molecule has 0 saturated heterocycles. The van der Waals surface area contributed by atoms with Crippen LogP contribution in [0.2, 0.25) is 0 Å². The zero-order valence-corrected chi connectivity index (χ0v) is 18.5. The number of halogens is 1. The number of hydrogen-bond acceptors (Lipinski definition) is 5. The van der Waals surface area contributed by atoms with Crippen LogP contribution < -0.4 is 4.74 Å². The Balaban J connectivity index is 2.18. The molecule has 154 valence electrons. The molecule has 1 aromatic carbocycles. The standard InChI is InChI=1S/C21H28BrNO5/c1-5-23(20(26)28-6-2)16-9-13-15(22)10-17(27-4)19(25)18(13)21(3)11-12(24)7-8-14(16)21/h10,14,16,25H,5-9,11H2,1-4H3/t14?,16?,21-/m1/s1. The molecule has 0 radical (unpaired) electrons. The van der Waals surface area contributed by atoms with E-state index in [1.54, 1.807) is 17.9 Å². The van der Waals surface area contributed by atoms with Crippen molar-refractivity contribution in [2.45, 2.75) is 57.9 Å². The van der Waals surface area contributed by atoms with E-state index in [9.17, 15) is 14.7 Å². The van der Waals surface area contributed by atoms with Gasteiger partial charge in [0.05, 0.1) is 13.7 Å². The lowest BCUT2D eigenvalue weighted by atomic mass is 9.55. The Hall–Kier alpha value is -1.76. The third kappa shape index (κ3) is 3.27. The summed E-state index contributed by atoms with van der Waals surface area (Å²) in [7, 11) is 1.52. The van der Waals surface area contributed by atoms with Crippen molar-refractivity contribution in [3.63, 3.8) is 0 Å². The highest BCUT2D eigenvalue weighted by atomic mass is 79.9. The Morgan fingerprint density at radius 1 is 1.43 bits per heavy atom. The summed E-state index contributed by atoms with van der Waals surface area (Å²) in [5.41, 5.74) is 1.13. The van der Waals surface area contributed by atoms with E-state index in [2.05, 4.69) is 15.9 Å². The van der Waals surface area contributed by atoms with Crippen LogP contribution >= 0.6 is 15.9 Å². The molecule has 3 rings (SSSR count). The average molecular weight is 454 g/mol. The van der Waals surface area contributed by atoms with E-state index in [1.165, 1.54) is 7.11 Å². The smallest absolute Gasteiger partial charge is 0.410 e. The molecule has 2 aliphatic carbocycles. The third-order valence-electron chi connectivity index (χ3n) is 6.35. The van der Waals surface area contributed by atoms with Crippen LogP contribution in [0.25, 0.3) is 0 Å². The lowest BCUT2D eigenvalue weighted by Crippen LogP contribution is -2.57. The quantitative estimate of drug-likeness (QED) is 0.739. The first kappa shape index (κ1) is 21.0. The first-order chi connectivity index (χ1) is 13.3. The number of ether oxygens (including phenoxy) is 2. The maximum absolute atomic E-state index is 12.6. The molecule has 1 N–H and O–H groups in total. The maximum Gasteiger partial charge on any atom is 0.410 e. The van der Waals surface area contributed by atoms with Crippen molar-refractivity contribution < 1.29 is 24.2 Å². The maximum atomic E-state index is 12.6. The predicted octanol–water partition coefficient (Wildman–Crippen LogP) is 4.19. The first-order valence-corrected chi connectivity index (χ1v) is 10.6. The fraction of sp³-hybridized carbons (Fsp3) is 0.619. The number of nitrogens with zero attached hydrogens (tertiary/aromatic N) is 1. The summed E-state index contributed by atoms with van der Waals surface area (Å²) in [6.07, 6.45) is 1.79. The van der Waals surface area contributed by atoms with E-state index in [0.717, 1.165) is 15.6 Å². The summed E-state index contributed by atoms with van der Waals surface area (Å²) in [5.74, 6) is 0.718. The molecule has 1 aromatic rings. The number of Topliss-reactive ketones (excluding diaryl/α,β-unsaturated/α-hetero) is 1. The van der Waals surface area contributed by atoms with E-state index in [0.29, 0.717) is 44.6 Å². The number of rotatable bonds is 4. The molecule has 7 heteroatoms. The Kier molecular flexibility index (Phi) is 5.94. The number of hydrogen-bond donors (Lipinski definition) is 1. The monoisotopic (exact) mass is 453 g/mol. The van der Waals surface area contributed by atoms with Crippen molar-refractivity contribution in [3.8, 4) is 11.5 Å². The van der Waals surface area contributed by atoms with Gasteiger partial charge >= 0.3 is 6.09 Å². The van der Waals surface area contributed by atoms with Crippen molar-refractivity contribution >= 4 is 27.8 Å². The molecule has 1 amide bonds. The van der Waals surface area contributed by atoms with Gasteiger partial charge in [-0.2, -0.15) is 0 Å². The number of phenolic OH excluding ortho intramolecular Hbond substituents is 1. The summed E-state index contributed by atoms with van der Waals surface area (Å²) >= 11 is 3.62. The molecule has 0 heterocycles. The molecule has 1 saturated carbocycles. The molecule has 0 aromatic heterocycles. The third-order valence-corrected chi connectivity index (χ3v) is 7.05. The second-order valence-electron chi connectivity index (χ2n) is 7.80. The zero-order valence-electron chi connectivity index (χ0n) is 16.9. The number of amides is 1. The highest BCUT2D eigenvalue weighted by molar-refractivity contribution is 9.10. The van der Waals surface area contributed by atoms with Crippen LogP contribution in [0.3, 0.4) is 0 Å². The molecule has 0 bridgehead atoms. The number of phenols is 1. The molecule has 2 aliphatic rings. The van der Waals surface area contributed by atoms with E-state index < -0.39 is 5.41 Å². The van der Waals surface area contributed by atoms with E-state index in [4.69, 9.17) is 9.47 Å². The summed E-state index contributed by atoms with van der Waals surface area (Å²) in [4.78, 5) is 26.8. The molecule has 6 nitrogen and oxygen atoms in total. The summed E-state index contributed by atoms with van der Waals surface area (Å²) < 4.78 is 11.5. The van der Waals surface area contributed by atoms with Crippen LogP contribution in [-0.4, -0.2) is 48.2 Å². The van der Waals surface area contributed by atoms with Crippen molar-refractivity contribution in [2.75, 3.05) is 20.3 Å². The van der Waals surface area contributed by atoms with Gasteiger partial charge in [-0.1, -0.05) is 22.9 Å². The van der Waals surface area contributed by atoms with Crippen LogP contribution in [0.4, 0.5) is 4.79 Å². The van der Waals surface area contributed by atoms with Gasteiger partial charge in [0, 0.05) is 40.9 Å². The van der Waals surface area contributed by atoms with Crippen LogP contribution in [0.1, 0.15) is 51.2 Å². The number of carbonyl (C=O) groups is 2. The van der Waals surface area contributed by atoms with Crippen LogP contribution in [0.15, 0.2) is 10.5 Å². The Morgan fingerprint density at radius 2 is 2.14 bits per heavy atom. The van der Waals surface area contributed by atoms with E-state index in [1.807, 2.05) is 13.8 Å². The number of likely N-dealkylation sites (N-methyl/N-ethyl adjacent to an activating group) is 1. The SMILES string of the molecule is CCOC(=O)N(CC)C1Cc2c(Br)cc(OC)c(O)c2[C@]2(C)CC(=O)CCC12. The number of ketones is 1. The number of aromatic hydroxyl groups is 1. The minimum atomic E-state index is -0.575.